The molecular weight excluding hydrogens is 560 g/mol. The van der Waals surface area contributed by atoms with E-state index in [1.807, 2.05) is 0 Å². The first-order valence-corrected chi connectivity index (χ1v) is 13.4. The summed E-state index contributed by atoms with van der Waals surface area (Å²) >= 11 is 0. The monoisotopic (exact) mass is 594 g/mol. The highest BCUT2D eigenvalue weighted by Crippen LogP contribution is 2.42. The van der Waals surface area contributed by atoms with E-state index in [1.165, 1.54) is 51.2 Å². The molecule has 0 bridgehead atoms. The SMILES string of the molecule is COC(=O)N1CCC[C@H]1COc1cc2c(N[C@H](C)c3cccc(C(F)(F)C(C)(C)O)c3F)nc(C)nc2c(F)c1OC. The fourth-order valence-corrected chi connectivity index (χ4v) is 5.00. The predicted molar refractivity (Wildman–Crippen MR) is 147 cm³/mol. The van der Waals surface area contributed by atoms with Crippen LogP contribution >= 0.6 is 0 Å². The molecule has 1 aromatic heterocycles. The van der Waals surface area contributed by atoms with Gasteiger partial charge in [-0.05, 0) is 52.7 Å². The van der Waals surface area contributed by atoms with Gasteiger partial charge < -0.3 is 29.5 Å². The summed E-state index contributed by atoms with van der Waals surface area (Å²) in [7, 11) is 2.57. The zero-order chi connectivity index (χ0) is 31.0. The Morgan fingerprint density at radius 2 is 1.93 bits per heavy atom. The average molecular weight is 595 g/mol. The van der Waals surface area contributed by atoms with E-state index < -0.39 is 40.9 Å². The summed E-state index contributed by atoms with van der Waals surface area (Å²) < 4.78 is 76.9. The molecule has 2 heterocycles. The first kappa shape index (κ1) is 31.1. The van der Waals surface area contributed by atoms with Crippen molar-refractivity contribution in [2.24, 2.45) is 0 Å². The molecule has 1 saturated heterocycles. The van der Waals surface area contributed by atoms with Crippen LogP contribution in [0, 0.1) is 18.6 Å². The van der Waals surface area contributed by atoms with Crippen molar-refractivity contribution >= 4 is 22.8 Å². The first-order valence-electron chi connectivity index (χ1n) is 13.4. The van der Waals surface area contributed by atoms with Crippen LogP contribution in [0.3, 0.4) is 0 Å². The van der Waals surface area contributed by atoms with Gasteiger partial charge in [-0.25, -0.2) is 23.5 Å². The summed E-state index contributed by atoms with van der Waals surface area (Å²) in [6.45, 7) is 5.42. The number of aromatic nitrogens is 2. The third-order valence-corrected chi connectivity index (χ3v) is 7.34. The van der Waals surface area contributed by atoms with Gasteiger partial charge in [0.15, 0.2) is 17.3 Å². The van der Waals surface area contributed by atoms with Crippen LogP contribution in [0.4, 0.5) is 28.2 Å². The van der Waals surface area contributed by atoms with Gasteiger partial charge in [-0.1, -0.05) is 12.1 Å². The van der Waals surface area contributed by atoms with Gasteiger partial charge in [-0.3, -0.25) is 0 Å². The number of benzene rings is 2. The van der Waals surface area contributed by atoms with Crippen LogP contribution in [0.15, 0.2) is 24.3 Å². The fourth-order valence-electron chi connectivity index (χ4n) is 5.00. The Morgan fingerprint density at radius 1 is 1.21 bits per heavy atom. The van der Waals surface area contributed by atoms with Crippen LogP contribution in [0.2, 0.25) is 0 Å². The standard InChI is InChI=1S/C29H34F4N4O5/c1-15(18-10-7-11-20(22(18)30)29(32,33)28(3,4)39)34-26-19-13-21(25(40-5)23(31)24(19)35-16(2)36-26)42-14-17-9-8-12-37(17)27(38)41-6/h7,10-11,13,15,17,39H,8-9,12,14H2,1-6H3,(H,34,35,36)/t15-,17+/m1/s1. The van der Waals surface area contributed by atoms with Gasteiger partial charge in [0.05, 0.1) is 31.9 Å². The lowest BCUT2D eigenvalue weighted by atomic mass is 9.91. The molecule has 4 rings (SSSR count). The van der Waals surface area contributed by atoms with Gasteiger partial charge in [-0.15, -0.1) is 0 Å². The Bertz CT molecular complexity index is 1480. The second-order valence-electron chi connectivity index (χ2n) is 10.7. The topological polar surface area (TPSA) is 106 Å². The number of fused-ring (bicyclic) bond motifs is 1. The maximum Gasteiger partial charge on any atom is 0.409 e. The number of aryl methyl sites for hydroxylation is 1. The van der Waals surface area contributed by atoms with Crippen LogP contribution in [0.25, 0.3) is 10.9 Å². The van der Waals surface area contributed by atoms with E-state index in [1.54, 1.807) is 0 Å². The number of nitrogens with zero attached hydrogens (tertiary/aromatic N) is 3. The van der Waals surface area contributed by atoms with Gasteiger partial charge in [0.1, 0.15) is 35.2 Å². The molecule has 0 saturated carbocycles. The lowest BCUT2D eigenvalue weighted by Gasteiger charge is -2.30. The molecule has 228 valence electrons. The van der Waals surface area contributed by atoms with E-state index >= 15 is 8.78 Å². The number of ether oxygens (including phenoxy) is 3. The first-order chi connectivity index (χ1) is 19.7. The predicted octanol–water partition coefficient (Wildman–Crippen LogP) is 5.87. The second kappa shape index (κ2) is 11.8. The largest absolute Gasteiger partial charge is 0.490 e. The maximum absolute atomic E-state index is 15.7. The molecule has 1 fully saturated rings. The summed E-state index contributed by atoms with van der Waals surface area (Å²) in [4.78, 5) is 22.2. The van der Waals surface area contributed by atoms with Crippen LogP contribution in [0.5, 0.6) is 11.5 Å². The number of rotatable bonds is 9. The highest BCUT2D eigenvalue weighted by Gasteiger charge is 2.49. The number of nitrogens with one attached hydrogen (secondary N) is 1. The second-order valence-corrected chi connectivity index (χ2v) is 10.7. The normalized spacial score (nSPS) is 16.5. The maximum atomic E-state index is 15.7. The molecule has 13 heteroatoms. The number of carbonyl (C=O) groups is 1. The molecular formula is C29H34F4N4O5. The van der Waals surface area contributed by atoms with Crippen molar-refractivity contribution in [3.63, 3.8) is 0 Å². The highest BCUT2D eigenvalue weighted by molar-refractivity contribution is 5.92. The number of hydrogen-bond donors (Lipinski definition) is 2. The van der Waals surface area contributed by atoms with Crippen LogP contribution in [-0.2, 0) is 10.7 Å². The molecule has 2 aromatic carbocycles. The Labute approximate surface area is 240 Å². The molecule has 0 unspecified atom stereocenters. The molecule has 42 heavy (non-hydrogen) atoms. The van der Waals surface area contributed by atoms with Crippen molar-refractivity contribution in [3.05, 3.63) is 52.9 Å². The lowest BCUT2D eigenvalue weighted by Crippen LogP contribution is -2.41. The minimum atomic E-state index is -3.88. The zero-order valence-electron chi connectivity index (χ0n) is 24.2. The summed E-state index contributed by atoms with van der Waals surface area (Å²) in [6.07, 6.45) is 0.932. The van der Waals surface area contributed by atoms with E-state index in [-0.39, 0.29) is 52.3 Å². The van der Waals surface area contributed by atoms with Crippen LogP contribution < -0.4 is 14.8 Å². The summed E-state index contributed by atoms with van der Waals surface area (Å²) in [5, 5.41) is 13.1. The molecule has 2 N–H and O–H groups in total. The van der Waals surface area contributed by atoms with Gasteiger partial charge >= 0.3 is 12.0 Å². The minimum Gasteiger partial charge on any atom is -0.490 e. The number of alkyl halides is 2. The Morgan fingerprint density at radius 3 is 2.57 bits per heavy atom. The smallest absolute Gasteiger partial charge is 0.409 e. The molecule has 3 aromatic rings. The molecule has 1 aliphatic rings. The molecule has 0 radical (unpaired) electrons. The molecule has 1 aliphatic heterocycles. The average Bonchev–Trinajstić information content (AvgIpc) is 3.40. The quantitative estimate of drug-likeness (QED) is 0.297. The Hall–Kier alpha value is -3.87. The van der Waals surface area contributed by atoms with Gasteiger partial charge in [-0.2, -0.15) is 8.78 Å². The van der Waals surface area contributed by atoms with Crippen molar-refractivity contribution in [3.8, 4) is 11.5 Å². The van der Waals surface area contributed by atoms with Crippen molar-refractivity contribution < 1.29 is 41.7 Å². The number of carbonyl (C=O) groups excluding carboxylic acids is 1. The van der Waals surface area contributed by atoms with Gasteiger partial charge in [0, 0.05) is 17.5 Å². The molecule has 0 spiro atoms. The van der Waals surface area contributed by atoms with Crippen molar-refractivity contribution in [1.82, 2.24) is 14.9 Å². The highest BCUT2D eigenvalue weighted by atomic mass is 19.3. The van der Waals surface area contributed by atoms with Crippen molar-refractivity contribution in [1.29, 1.82) is 0 Å². The summed E-state index contributed by atoms with van der Waals surface area (Å²) in [5.74, 6) is -5.76. The van der Waals surface area contributed by atoms with E-state index in [4.69, 9.17) is 14.2 Å². The number of hydrogen-bond acceptors (Lipinski definition) is 8. The van der Waals surface area contributed by atoms with E-state index in [2.05, 4.69) is 15.3 Å². The van der Waals surface area contributed by atoms with E-state index in [0.717, 1.165) is 26.3 Å². The van der Waals surface area contributed by atoms with Crippen LogP contribution in [0.1, 0.15) is 56.6 Å². The third kappa shape index (κ3) is 5.74. The number of likely N-dealkylation sites (tertiary alicyclic amines) is 1. The number of aliphatic hydroxyl groups is 1. The molecule has 2 atom stereocenters. The third-order valence-electron chi connectivity index (χ3n) is 7.34. The number of amides is 1. The van der Waals surface area contributed by atoms with Crippen molar-refractivity contribution in [2.45, 2.75) is 64.1 Å². The molecule has 1 amide bonds. The fraction of sp³-hybridized carbons (Fsp3) is 0.483. The lowest BCUT2D eigenvalue weighted by molar-refractivity contribution is -0.170. The summed E-state index contributed by atoms with van der Waals surface area (Å²) in [6, 6.07) is 3.78. The van der Waals surface area contributed by atoms with E-state index in [9.17, 15) is 18.7 Å². The Kier molecular flexibility index (Phi) is 8.72. The molecule has 9 nitrogen and oxygen atoms in total. The summed E-state index contributed by atoms with van der Waals surface area (Å²) in [5.41, 5.74) is -3.68. The number of methoxy groups -OCH3 is 2. The number of halogens is 4. The van der Waals surface area contributed by atoms with Gasteiger partial charge in [0.25, 0.3) is 0 Å². The minimum absolute atomic E-state index is 0.0281. The Balaban J connectivity index is 1.71. The molecule has 0 aliphatic carbocycles. The van der Waals surface area contributed by atoms with Crippen LogP contribution in [-0.4, -0.2) is 65.1 Å². The zero-order valence-corrected chi connectivity index (χ0v) is 24.2. The number of anilines is 1. The van der Waals surface area contributed by atoms with Crippen molar-refractivity contribution in [2.75, 3.05) is 32.7 Å². The van der Waals surface area contributed by atoms with Gasteiger partial charge in [0.2, 0.25) is 0 Å². The van der Waals surface area contributed by atoms with E-state index in [0.29, 0.717) is 13.0 Å².